The van der Waals surface area contributed by atoms with Crippen LogP contribution in [0.25, 0.3) is 0 Å². The van der Waals surface area contributed by atoms with Crippen molar-refractivity contribution in [2.45, 2.75) is 69.5 Å². The van der Waals surface area contributed by atoms with Crippen LogP contribution in [0, 0.1) is 5.92 Å². The van der Waals surface area contributed by atoms with E-state index in [1.54, 1.807) is 4.90 Å². The van der Waals surface area contributed by atoms with Gasteiger partial charge in [-0.1, -0.05) is 60.7 Å². The smallest absolute Gasteiger partial charge is 0.307 e. The van der Waals surface area contributed by atoms with Gasteiger partial charge in [0.2, 0.25) is 11.8 Å². The molecule has 0 unspecified atom stereocenters. The fourth-order valence-electron chi connectivity index (χ4n) is 5.55. The van der Waals surface area contributed by atoms with Crippen LogP contribution in [0.2, 0.25) is 0 Å². The van der Waals surface area contributed by atoms with Gasteiger partial charge in [0.05, 0.1) is 12.0 Å². The van der Waals surface area contributed by atoms with Crippen molar-refractivity contribution in [1.29, 1.82) is 0 Å². The molecule has 0 bridgehead atoms. The number of carbonyl (C=O) groups is 4. The summed E-state index contributed by atoms with van der Waals surface area (Å²) in [6.45, 7) is 1.36. The third-order valence-corrected chi connectivity index (χ3v) is 7.49. The van der Waals surface area contributed by atoms with E-state index in [0.717, 1.165) is 36.9 Å². The highest BCUT2D eigenvalue weighted by Crippen LogP contribution is 2.22. The molecule has 8 nitrogen and oxygen atoms in total. The van der Waals surface area contributed by atoms with Gasteiger partial charge in [0.25, 0.3) is 0 Å². The first kappa shape index (κ1) is 27.5. The molecule has 0 aliphatic carbocycles. The number of rotatable bonds is 12. The summed E-state index contributed by atoms with van der Waals surface area (Å²) < 4.78 is 0. The van der Waals surface area contributed by atoms with Crippen LogP contribution < -0.4 is 10.6 Å². The largest absolute Gasteiger partial charge is 0.481 e. The summed E-state index contributed by atoms with van der Waals surface area (Å²) in [6.07, 6.45) is 3.72. The third-order valence-electron chi connectivity index (χ3n) is 7.49. The summed E-state index contributed by atoms with van der Waals surface area (Å²) in [5, 5.41) is 16.0. The zero-order chi connectivity index (χ0) is 26.9. The molecule has 38 heavy (non-hydrogen) atoms. The maximum atomic E-state index is 13.4. The number of Topliss-reactive ketones (excluding diaryl/α,β-unsaturated/α-hetero) is 1. The Bertz CT molecular complexity index is 1100. The second-order valence-electron chi connectivity index (χ2n) is 10.4. The summed E-state index contributed by atoms with van der Waals surface area (Å²) in [5.41, 5.74) is 1.84. The van der Waals surface area contributed by atoms with Crippen LogP contribution in [0.5, 0.6) is 0 Å². The van der Waals surface area contributed by atoms with Gasteiger partial charge in [0.1, 0.15) is 11.8 Å². The van der Waals surface area contributed by atoms with Crippen LogP contribution in [-0.2, 0) is 32.0 Å². The molecule has 8 heteroatoms. The van der Waals surface area contributed by atoms with E-state index in [0.29, 0.717) is 19.4 Å². The highest BCUT2D eigenvalue weighted by Gasteiger charge is 2.38. The Hall–Kier alpha value is -3.52. The number of ketones is 1. The van der Waals surface area contributed by atoms with Crippen molar-refractivity contribution in [3.8, 4) is 0 Å². The first-order chi connectivity index (χ1) is 18.4. The SMILES string of the molecule is O=C(C[C@@H](Cc1ccccc1)NC(=O)[C@H]1CCCN1C(=O)[C@H]1CCCN1)C[C@H](Cc1ccccc1)C(=O)O. The highest BCUT2D eigenvalue weighted by molar-refractivity contribution is 5.91. The van der Waals surface area contributed by atoms with Crippen molar-refractivity contribution in [3.63, 3.8) is 0 Å². The fourth-order valence-corrected chi connectivity index (χ4v) is 5.55. The van der Waals surface area contributed by atoms with Crippen LogP contribution in [0.15, 0.2) is 60.7 Å². The Kier molecular flexibility index (Phi) is 9.65. The lowest BCUT2D eigenvalue weighted by atomic mass is 9.91. The van der Waals surface area contributed by atoms with Crippen molar-refractivity contribution in [2.75, 3.05) is 13.1 Å². The second-order valence-corrected chi connectivity index (χ2v) is 10.4. The highest BCUT2D eigenvalue weighted by atomic mass is 16.4. The Labute approximate surface area is 223 Å². The van der Waals surface area contributed by atoms with Crippen LogP contribution in [0.4, 0.5) is 0 Å². The van der Waals surface area contributed by atoms with Gasteiger partial charge in [-0.15, -0.1) is 0 Å². The van der Waals surface area contributed by atoms with Gasteiger partial charge in [-0.05, 0) is 56.2 Å². The van der Waals surface area contributed by atoms with Gasteiger partial charge >= 0.3 is 5.97 Å². The predicted molar refractivity (Wildman–Crippen MR) is 143 cm³/mol. The van der Waals surface area contributed by atoms with Crippen LogP contribution in [0.1, 0.15) is 49.7 Å². The van der Waals surface area contributed by atoms with E-state index in [-0.39, 0.29) is 42.9 Å². The second kappa shape index (κ2) is 13.3. The Morgan fingerprint density at radius 3 is 2.16 bits per heavy atom. The summed E-state index contributed by atoms with van der Waals surface area (Å²) >= 11 is 0. The number of nitrogens with one attached hydrogen (secondary N) is 2. The number of amides is 2. The molecule has 0 radical (unpaired) electrons. The van der Waals surface area contributed by atoms with E-state index in [4.69, 9.17) is 0 Å². The molecule has 2 heterocycles. The minimum atomic E-state index is -1.01. The number of carboxylic acids is 1. The molecule has 202 valence electrons. The predicted octanol–water partition coefficient (Wildman–Crippen LogP) is 2.75. The lowest BCUT2D eigenvalue weighted by molar-refractivity contribution is -0.144. The van der Waals surface area contributed by atoms with Crippen LogP contribution in [-0.4, -0.2) is 64.8 Å². The van der Waals surface area contributed by atoms with Crippen LogP contribution in [0.3, 0.4) is 0 Å². The number of hydrogen-bond donors (Lipinski definition) is 3. The fraction of sp³-hybridized carbons (Fsp3) is 0.467. The maximum absolute atomic E-state index is 13.4. The number of likely N-dealkylation sites (tertiary alicyclic amines) is 1. The Morgan fingerprint density at radius 1 is 0.895 bits per heavy atom. The minimum Gasteiger partial charge on any atom is -0.481 e. The molecular formula is C30H37N3O5. The first-order valence-corrected chi connectivity index (χ1v) is 13.6. The summed E-state index contributed by atoms with van der Waals surface area (Å²) in [4.78, 5) is 53.1. The van der Waals surface area contributed by atoms with Gasteiger partial charge in [-0.25, -0.2) is 0 Å². The lowest BCUT2D eigenvalue weighted by Crippen LogP contribution is -2.53. The van der Waals surface area contributed by atoms with E-state index >= 15 is 0 Å². The van der Waals surface area contributed by atoms with Crippen molar-refractivity contribution < 1.29 is 24.3 Å². The quantitative estimate of drug-likeness (QED) is 0.397. The molecule has 2 fully saturated rings. The number of carboxylic acid groups (broad SMARTS) is 1. The molecule has 2 aliphatic heterocycles. The topological polar surface area (TPSA) is 116 Å². The van der Waals surface area contributed by atoms with E-state index < -0.39 is 24.0 Å². The molecule has 0 saturated carbocycles. The average molecular weight is 520 g/mol. The van der Waals surface area contributed by atoms with E-state index in [1.807, 2.05) is 60.7 Å². The van der Waals surface area contributed by atoms with E-state index in [1.165, 1.54) is 0 Å². The summed E-state index contributed by atoms with van der Waals surface area (Å²) in [5.74, 6) is -2.32. The summed E-state index contributed by atoms with van der Waals surface area (Å²) in [7, 11) is 0. The molecule has 0 spiro atoms. The van der Waals surface area contributed by atoms with Crippen molar-refractivity contribution in [3.05, 3.63) is 71.8 Å². The average Bonchev–Trinajstić information content (AvgIpc) is 3.62. The van der Waals surface area contributed by atoms with E-state index in [9.17, 15) is 24.3 Å². The zero-order valence-electron chi connectivity index (χ0n) is 21.7. The zero-order valence-corrected chi connectivity index (χ0v) is 21.7. The van der Waals surface area contributed by atoms with Gasteiger partial charge in [-0.2, -0.15) is 0 Å². The van der Waals surface area contributed by atoms with Gasteiger partial charge in [0, 0.05) is 25.4 Å². The van der Waals surface area contributed by atoms with Crippen molar-refractivity contribution in [1.82, 2.24) is 15.5 Å². The molecule has 2 amide bonds. The number of carbonyl (C=O) groups excluding carboxylic acids is 3. The molecule has 4 rings (SSSR count). The molecule has 0 aromatic heterocycles. The number of hydrogen-bond acceptors (Lipinski definition) is 5. The molecule has 2 aromatic rings. The Balaban J connectivity index is 1.42. The molecule has 2 aliphatic rings. The molecule has 3 N–H and O–H groups in total. The van der Waals surface area contributed by atoms with Crippen molar-refractivity contribution in [2.24, 2.45) is 5.92 Å². The molecule has 2 aromatic carbocycles. The number of aliphatic carboxylic acids is 1. The lowest BCUT2D eigenvalue weighted by Gasteiger charge is -2.28. The first-order valence-electron chi connectivity index (χ1n) is 13.6. The van der Waals surface area contributed by atoms with E-state index in [2.05, 4.69) is 10.6 Å². The van der Waals surface area contributed by atoms with Gasteiger partial charge in [-0.3, -0.25) is 19.2 Å². The van der Waals surface area contributed by atoms with Gasteiger partial charge < -0.3 is 20.6 Å². The minimum absolute atomic E-state index is 0.0268. The number of nitrogens with zero attached hydrogens (tertiary/aromatic N) is 1. The van der Waals surface area contributed by atoms with Gasteiger partial charge in [0.15, 0.2) is 0 Å². The number of benzene rings is 2. The molecular weight excluding hydrogens is 482 g/mol. The van der Waals surface area contributed by atoms with Crippen LogP contribution >= 0.6 is 0 Å². The normalized spacial score (nSPS) is 20.6. The maximum Gasteiger partial charge on any atom is 0.307 e. The summed E-state index contributed by atoms with van der Waals surface area (Å²) in [6, 6.07) is 17.6. The monoisotopic (exact) mass is 519 g/mol. The van der Waals surface area contributed by atoms with Crippen molar-refractivity contribution >= 4 is 23.6 Å². The Morgan fingerprint density at radius 2 is 1.55 bits per heavy atom. The third kappa shape index (κ3) is 7.51. The molecule has 4 atom stereocenters. The molecule has 2 saturated heterocycles. The standard InChI is InChI=1S/C30H37N3O5/c34-25(19-23(30(37)38)17-21-9-3-1-4-10-21)20-24(18-22-11-5-2-6-12-22)32-28(35)27-14-8-16-33(27)29(36)26-13-7-15-31-26/h1-6,9-12,23-24,26-27,31H,7-8,13-20H2,(H,32,35)(H,37,38)/t23-,24+,26+,27+/m0/s1.